The van der Waals surface area contributed by atoms with E-state index in [0.29, 0.717) is 12.3 Å². The number of nitrogens with zero attached hydrogens (tertiary/aromatic N) is 1. The molecule has 1 aliphatic rings. The van der Waals surface area contributed by atoms with Crippen molar-refractivity contribution in [1.82, 2.24) is 15.3 Å². The van der Waals surface area contributed by atoms with Crippen LogP contribution >= 0.6 is 11.6 Å². The van der Waals surface area contributed by atoms with Crippen LogP contribution in [-0.2, 0) is 17.6 Å². The number of rotatable bonds is 6. The third-order valence-corrected chi connectivity index (χ3v) is 4.74. The van der Waals surface area contributed by atoms with Crippen LogP contribution in [0.1, 0.15) is 48.6 Å². The molecule has 0 fully saturated rings. The molecule has 1 aromatic carbocycles. The molecule has 0 aliphatic heterocycles. The van der Waals surface area contributed by atoms with Crippen molar-refractivity contribution in [3.8, 4) is 0 Å². The van der Waals surface area contributed by atoms with Gasteiger partial charge in [0.2, 0.25) is 5.91 Å². The fourth-order valence-electron chi connectivity index (χ4n) is 3.21. The number of halogens is 1. The number of hydrogen-bond acceptors (Lipinski definition) is 2. The first-order valence-electron chi connectivity index (χ1n) is 8.25. The van der Waals surface area contributed by atoms with Crippen molar-refractivity contribution >= 4 is 17.5 Å². The van der Waals surface area contributed by atoms with Gasteiger partial charge in [0.05, 0.1) is 12.0 Å². The van der Waals surface area contributed by atoms with Crippen molar-refractivity contribution in [2.24, 2.45) is 0 Å². The van der Waals surface area contributed by atoms with Gasteiger partial charge < -0.3 is 10.3 Å². The van der Waals surface area contributed by atoms with E-state index in [4.69, 9.17) is 11.6 Å². The molecule has 1 aliphatic carbocycles. The van der Waals surface area contributed by atoms with Crippen LogP contribution in [0.15, 0.2) is 30.6 Å². The Morgan fingerprint density at radius 3 is 3.00 bits per heavy atom. The van der Waals surface area contributed by atoms with Crippen LogP contribution in [0.4, 0.5) is 0 Å². The van der Waals surface area contributed by atoms with Crippen molar-refractivity contribution in [3.63, 3.8) is 0 Å². The van der Waals surface area contributed by atoms with Crippen LogP contribution in [0.2, 0.25) is 5.02 Å². The Bertz CT molecular complexity index is 651. The van der Waals surface area contributed by atoms with Crippen LogP contribution in [0.3, 0.4) is 0 Å². The summed E-state index contributed by atoms with van der Waals surface area (Å²) in [7, 11) is 0. The second kappa shape index (κ2) is 7.64. The normalized spacial score (nSPS) is 16.8. The van der Waals surface area contributed by atoms with Crippen molar-refractivity contribution in [1.29, 1.82) is 0 Å². The number of H-pyrrole nitrogens is 1. The lowest BCUT2D eigenvalue weighted by Gasteiger charge is -2.21. The largest absolute Gasteiger partial charge is 0.356 e. The predicted molar refractivity (Wildman–Crippen MR) is 91.7 cm³/mol. The second-order valence-corrected chi connectivity index (χ2v) is 6.56. The van der Waals surface area contributed by atoms with E-state index in [9.17, 15) is 4.79 Å². The van der Waals surface area contributed by atoms with Gasteiger partial charge in [0.15, 0.2) is 0 Å². The lowest BCUT2D eigenvalue weighted by atomic mass is 9.87. The first-order valence-corrected chi connectivity index (χ1v) is 8.63. The van der Waals surface area contributed by atoms with Gasteiger partial charge in [-0.2, -0.15) is 0 Å². The molecule has 3 rings (SSSR count). The highest BCUT2D eigenvalue weighted by Crippen LogP contribution is 2.31. The highest BCUT2D eigenvalue weighted by atomic mass is 35.5. The second-order valence-electron chi connectivity index (χ2n) is 6.12. The lowest BCUT2D eigenvalue weighted by molar-refractivity contribution is -0.121. The van der Waals surface area contributed by atoms with Crippen molar-refractivity contribution in [3.05, 3.63) is 52.6 Å². The van der Waals surface area contributed by atoms with E-state index in [0.717, 1.165) is 36.4 Å². The molecule has 4 nitrogen and oxygen atoms in total. The molecular weight excluding hydrogens is 310 g/mol. The smallest absolute Gasteiger partial charge is 0.220 e. The van der Waals surface area contributed by atoms with E-state index in [1.165, 1.54) is 24.2 Å². The zero-order valence-corrected chi connectivity index (χ0v) is 13.9. The molecule has 23 heavy (non-hydrogen) atoms. The number of aromatic amines is 1. The summed E-state index contributed by atoms with van der Waals surface area (Å²) < 4.78 is 0. The molecule has 0 saturated heterocycles. The first-order chi connectivity index (χ1) is 11.2. The molecule has 1 aromatic heterocycles. The summed E-state index contributed by atoms with van der Waals surface area (Å²) in [6.45, 7) is 0.719. The zero-order chi connectivity index (χ0) is 16.1. The van der Waals surface area contributed by atoms with E-state index in [1.807, 2.05) is 24.3 Å². The Hall–Kier alpha value is -1.81. The van der Waals surface area contributed by atoms with Crippen LogP contribution in [0.5, 0.6) is 0 Å². The maximum atomic E-state index is 12.0. The van der Waals surface area contributed by atoms with E-state index in [-0.39, 0.29) is 5.91 Å². The standard InChI is InChI=1S/C18H22ClN3O/c19-15-7-4-13(5-8-15)6-9-17(23)20-11-10-14-2-1-3-16-18(14)22-12-21-16/h4-5,7-8,12,14H,1-3,6,9-11H2,(H,20,23)(H,21,22). The van der Waals surface area contributed by atoms with Crippen molar-refractivity contribution < 1.29 is 4.79 Å². The molecule has 0 bridgehead atoms. The number of imidazole rings is 1. The van der Waals surface area contributed by atoms with Gasteiger partial charge >= 0.3 is 0 Å². The first kappa shape index (κ1) is 16.1. The molecule has 0 spiro atoms. The van der Waals surface area contributed by atoms with Gasteiger partial charge in [0.1, 0.15) is 0 Å². The Labute approximate surface area is 141 Å². The molecule has 2 N–H and O–H groups in total. The number of nitrogens with one attached hydrogen (secondary N) is 2. The van der Waals surface area contributed by atoms with Gasteiger partial charge in [-0.3, -0.25) is 4.79 Å². The van der Waals surface area contributed by atoms with Gasteiger partial charge in [0, 0.05) is 29.6 Å². The molecule has 1 heterocycles. The van der Waals surface area contributed by atoms with E-state index >= 15 is 0 Å². The summed E-state index contributed by atoms with van der Waals surface area (Å²) in [5.74, 6) is 0.583. The summed E-state index contributed by atoms with van der Waals surface area (Å²) >= 11 is 5.86. The van der Waals surface area contributed by atoms with Gasteiger partial charge in [-0.15, -0.1) is 0 Å². The minimum absolute atomic E-state index is 0.109. The molecule has 1 amide bonds. The molecular formula is C18H22ClN3O. The third kappa shape index (κ3) is 4.35. The fraction of sp³-hybridized carbons (Fsp3) is 0.444. The van der Waals surface area contributed by atoms with Crippen LogP contribution in [0.25, 0.3) is 0 Å². The maximum Gasteiger partial charge on any atom is 0.220 e. The SMILES string of the molecule is O=C(CCc1ccc(Cl)cc1)NCCC1CCCc2[nH]cnc21. The Kier molecular flexibility index (Phi) is 5.34. The molecule has 0 radical (unpaired) electrons. The van der Waals surface area contributed by atoms with E-state index in [1.54, 1.807) is 6.33 Å². The Balaban J connectivity index is 1.39. The molecule has 1 unspecified atom stereocenters. The topological polar surface area (TPSA) is 57.8 Å². The van der Waals surface area contributed by atoms with Gasteiger partial charge in [-0.1, -0.05) is 23.7 Å². The summed E-state index contributed by atoms with van der Waals surface area (Å²) in [6.07, 6.45) is 7.47. The Morgan fingerprint density at radius 2 is 2.17 bits per heavy atom. The third-order valence-electron chi connectivity index (χ3n) is 4.49. The van der Waals surface area contributed by atoms with E-state index in [2.05, 4.69) is 15.3 Å². The summed E-state index contributed by atoms with van der Waals surface area (Å²) in [5, 5.41) is 3.76. The minimum Gasteiger partial charge on any atom is -0.356 e. The highest BCUT2D eigenvalue weighted by molar-refractivity contribution is 6.30. The number of aromatic nitrogens is 2. The molecule has 2 aromatic rings. The van der Waals surface area contributed by atoms with Crippen molar-refractivity contribution in [2.75, 3.05) is 6.54 Å². The van der Waals surface area contributed by atoms with Crippen molar-refractivity contribution in [2.45, 2.75) is 44.4 Å². The number of fused-ring (bicyclic) bond motifs is 1. The van der Waals surface area contributed by atoms with Gasteiger partial charge in [-0.25, -0.2) is 4.98 Å². The fourth-order valence-corrected chi connectivity index (χ4v) is 3.34. The molecule has 1 atom stereocenters. The lowest BCUT2D eigenvalue weighted by Crippen LogP contribution is -2.26. The number of benzene rings is 1. The summed E-state index contributed by atoms with van der Waals surface area (Å²) in [6, 6.07) is 7.66. The summed E-state index contributed by atoms with van der Waals surface area (Å²) in [5.41, 5.74) is 3.61. The van der Waals surface area contributed by atoms with Crippen LogP contribution in [-0.4, -0.2) is 22.4 Å². The number of amides is 1. The average Bonchev–Trinajstić information content (AvgIpc) is 3.04. The minimum atomic E-state index is 0.109. The molecule has 122 valence electrons. The average molecular weight is 332 g/mol. The van der Waals surface area contributed by atoms with Crippen LogP contribution in [0, 0.1) is 0 Å². The number of aryl methyl sites for hydroxylation is 2. The monoisotopic (exact) mass is 331 g/mol. The number of hydrogen-bond donors (Lipinski definition) is 2. The van der Waals surface area contributed by atoms with Crippen LogP contribution < -0.4 is 5.32 Å². The quantitative estimate of drug-likeness (QED) is 0.849. The molecule has 0 saturated carbocycles. The van der Waals surface area contributed by atoms with Gasteiger partial charge in [-0.05, 0) is 49.8 Å². The molecule has 5 heteroatoms. The van der Waals surface area contributed by atoms with E-state index < -0.39 is 0 Å². The van der Waals surface area contributed by atoms with Gasteiger partial charge in [0.25, 0.3) is 0 Å². The number of carbonyl (C=O) groups is 1. The Morgan fingerprint density at radius 1 is 1.35 bits per heavy atom. The number of carbonyl (C=O) groups excluding carboxylic acids is 1. The highest BCUT2D eigenvalue weighted by Gasteiger charge is 2.22. The zero-order valence-electron chi connectivity index (χ0n) is 13.1. The summed E-state index contributed by atoms with van der Waals surface area (Å²) in [4.78, 5) is 19.6. The predicted octanol–water partition coefficient (Wildman–Crippen LogP) is 3.62. The maximum absolute atomic E-state index is 12.0.